The van der Waals surface area contributed by atoms with E-state index in [0.29, 0.717) is 37.1 Å². The van der Waals surface area contributed by atoms with Crippen LogP contribution in [0.4, 0.5) is 0 Å². The standard InChI is InChI=1S/C19H26N2O4S/c1-4-24-10-6-9-20-18(22)13-26(23)12-17-15(3)25-19(21-17)16-8-5-7-14(2)11-16/h5,7-8,11H,4,6,9-10,12-13H2,1-3H3,(H,20,22)/t26-/m0/s1. The summed E-state index contributed by atoms with van der Waals surface area (Å²) in [4.78, 5) is 16.3. The van der Waals surface area contributed by atoms with Crippen molar-refractivity contribution < 1.29 is 18.2 Å². The fourth-order valence-corrected chi connectivity index (χ4v) is 3.48. The van der Waals surface area contributed by atoms with E-state index in [1.807, 2.05) is 38.1 Å². The molecule has 0 saturated heterocycles. The molecule has 7 heteroatoms. The normalized spacial score (nSPS) is 12.1. The van der Waals surface area contributed by atoms with Crippen LogP contribution in [0.15, 0.2) is 28.7 Å². The van der Waals surface area contributed by atoms with Crippen molar-refractivity contribution in [3.63, 3.8) is 0 Å². The molecule has 26 heavy (non-hydrogen) atoms. The van der Waals surface area contributed by atoms with Gasteiger partial charge in [0, 0.05) is 36.1 Å². The maximum absolute atomic E-state index is 12.3. The number of carbonyl (C=O) groups excluding carboxylic acids is 1. The lowest BCUT2D eigenvalue weighted by atomic mass is 10.1. The Morgan fingerprint density at radius 2 is 2.15 bits per heavy atom. The number of ether oxygens (including phenoxy) is 1. The van der Waals surface area contributed by atoms with Crippen LogP contribution in [0.2, 0.25) is 0 Å². The van der Waals surface area contributed by atoms with Gasteiger partial charge < -0.3 is 14.5 Å². The molecule has 1 atom stereocenters. The maximum Gasteiger partial charge on any atom is 0.232 e. The first-order chi connectivity index (χ1) is 12.5. The topological polar surface area (TPSA) is 81.4 Å². The third-order valence-electron chi connectivity index (χ3n) is 3.74. The molecule has 0 aliphatic carbocycles. The van der Waals surface area contributed by atoms with Crippen LogP contribution in [0.3, 0.4) is 0 Å². The molecule has 1 heterocycles. The van der Waals surface area contributed by atoms with E-state index in [1.54, 1.807) is 6.92 Å². The van der Waals surface area contributed by atoms with Crippen molar-refractivity contribution >= 4 is 16.7 Å². The van der Waals surface area contributed by atoms with Crippen molar-refractivity contribution in [2.45, 2.75) is 32.9 Å². The van der Waals surface area contributed by atoms with Crippen LogP contribution in [0.1, 0.15) is 30.4 Å². The van der Waals surface area contributed by atoms with Crippen LogP contribution < -0.4 is 5.32 Å². The molecule has 0 unspecified atom stereocenters. The molecule has 0 saturated carbocycles. The van der Waals surface area contributed by atoms with Crippen molar-refractivity contribution in [3.05, 3.63) is 41.3 Å². The van der Waals surface area contributed by atoms with Gasteiger partial charge in [-0.3, -0.25) is 9.00 Å². The quantitative estimate of drug-likeness (QED) is 0.643. The molecule has 2 aromatic rings. The lowest BCUT2D eigenvalue weighted by Gasteiger charge is -2.05. The largest absolute Gasteiger partial charge is 0.441 e. The number of rotatable bonds is 10. The van der Waals surface area contributed by atoms with Gasteiger partial charge in [-0.2, -0.15) is 0 Å². The van der Waals surface area contributed by atoms with E-state index in [0.717, 1.165) is 17.5 Å². The van der Waals surface area contributed by atoms with Gasteiger partial charge in [0.25, 0.3) is 0 Å². The van der Waals surface area contributed by atoms with E-state index in [-0.39, 0.29) is 17.4 Å². The number of aryl methyl sites for hydroxylation is 2. The minimum atomic E-state index is -1.33. The Balaban J connectivity index is 1.86. The second-order valence-electron chi connectivity index (χ2n) is 6.02. The van der Waals surface area contributed by atoms with Gasteiger partial charge in [0.1, 0.15) is 11.5 Å². The van der Waals surface area contributed by atoms with Gasteiger partial charge in [0.05, 0.1) is 11.4 Å². The predicted molar refractivity (Wildman–Crippen MR) is 102 cm³/mol. The zero-order chi connectivity index (χ0) is 18.9. The highest BCUT2D eigenvalue weighted by atomic mass is 32.2. The van der Waals surface area contributed by atoms with Crippen molar-refractivity contribution in [3.8, 4) is 11.5 Å². The molecule has 0 spiro atoms. The molecule has 0 aliphatic rings. The highest BCUT2D eigenvalue weighted by molar-refractivity contribution is 7.84. The van der Waals surface area contributed by atoms with Crippen LogP contribution in [0.25, 0.3) is 11.5 Å². The summed E-state index contributed by atoms with van der Waals surface area (Å²) in [6.45, 7) is 7.53. The predicted octanol–water partition coefficient (Wildman–Crippen LogP) is 2.75. The summed E-state index contributed by atoms with van der Waals surface area (Å²) in [7, 11) is -1.33. The van der Waals surface area contributed by atoms with Gasteiger partial charge in [-0.25, -0.2) is 4.98 Å². The lowest BCUT2D eigenvalue weighted by molar-refractivity contribution is -0.118. The van der Waals surface area contributed by atoms with Crippen molar-refractivity contribution in [2.24, 2.45) is 0 Å². The van der Waals surface area contributed by atoms with Crippen LogP contribution in [-0.2, 0) is 26.1 Å². The van der Waals surface area contributed by atoms with E-state index in [1.165, 1.54) is 0 Å². The number of carbonyl (C=O) groups is 1. The first-order valence-corrected chi connectivity index (χ1v) is 10.2. The molecule has 2 rings (SSSR count). The van der Waals surface area contributed by atoms with Crippen LogP contribution >= 0.6 is 0 Å². The molecule has 0 fully saturated rings. The van der Waals surface area contributed by atoms with Crippen LogP contribution in [-0.4, -0.2) is 40.6 Å². The van der Waals surface area contributed by atoms with Crippen molar-refractivity contribution in [2.75, 3.05) is 25.5 Å². The van der Waals surface area contributed by atoms with Gasteiger partial charge in [-0.05, 0) is 39.3 Å². The molecule has 0 bridgehead atoms. The van der Waals surface area contributed by atoms with Crippen LogP contribution in [0.5, 0.6) is 0 Å². The van der Waals surface area contributed by atoms with E-state index < -0.39 is 10.8 Å². The van der Waals surface area contributed by atoms with Gasteiger partial charge in [0.15, 0.2) is 0 Å². The number of aromatic nitrogens is 1. The number of amides is 1. The Hall–Kier alpha value is -1.99. The Labute approximate surface area is 156 Å². The second-order valence-corrected chi connectivity index (χ2v) is 7.48. The average Bonchev–Trinajstić information content (AvgIpc) is 2.95. The van der Waals surface area contributed by atoms with Gasteiger partial charge >= 0.3 is 0 Å². The highest BCUT2D eigenvalue weighted by Crippen LogP contribution is 2.23. The Morgan fingerprint density at radius 3 is 2.88 bits per heavy atom. The Bertz CT molecular complexity index is 758. The first kappa shape index (κ1) is 20.3. The highest BCUT2D eigenvalue weighted by Gasteiger charge is 2.16. The number of hydrogen-bond donors (Lipinski definition) is 1. The summed E-state index contributed by atoms with van der Waals surface area (Å²) in [6, 6.07) is 7.86. The molecule has 1 aromatic carbocycles. The summed E-state index contributed by atoms with van der Waals surface area (Å²) in [5, 5.41) is 2.75. The molecule has 142 valence electrons. The maximum atomic E-state index is 12.3. The fourth-order valence-electron chi connectivity index (χ4n) is 2.41. The molecule has 6 nitrogen and oxygen atoms in total. The SMILES string of the molecule is CCOCCCNC(=O)C[S@@](=O)Cc1nc(-c2cccc(C)c2)oc1C. The number of nitrogens with zero attached hydrogens (tertiary/aromatic N) is 1. The number of hydrogen-bond acceptors (Lipinski definition) is 5. The average molecular weight is 378 g/mol. The first-order valence-electron chi connectivity index (χ1n) is 8.72. The van der Waals surface area contributed by atoms with E-state index in [9.17, 15) is 9.00 Å². The Morgan fingerprint density at radius 1 is 1.35 bits per heavy atom. The molecule has 1 N–H and O–H groups in total. The fraction of sp³-hybridized carbons (Fsp3) is 0.474. The van der Waals surface area contributed by atoms with E-state index in [2.05, 4.69) is 10.3 Å². The molecular weight excluding hydrogens is 352 g/mol. The molecule has 1 amide bonds. The minimum Gasteiger partial charge on any atom is -0.441 e. The van der Waals surface area contributed by atoms with Crippen molar-refractivity contribution in [1.29, 1.82) is 0 Å². The zero-order valence-electron chi connectivity index (χ0n) is 15.5. The molecular formula is C19H26N2O4S. The lowest BCUT2D eigenvalue weighted by Crippen LogP contribution is -2.30. The smallest absolute Gasteiger partial charge is 0.232 e. The third-order valence-corrected chi connectivity index (χ3v) is 4.92. The summed E-state index contributed by atoms with van der Waals surface area (Å²) < 4.78 is 23.2. The summed E-state index contributed by atoms with van der Waals surface area (Å²) in [5.74, 6) is 1.08. The molecule has 0 aliphatic heterocycles. The Kier molecular flexibility index (Phi) is 8.00. The van der Waals surface area contributed by atoms with Gasteiger partial charge in [-0.15, -0.1) is 0 Å². The third kappa shape index (κ3) is 6.38. The summed E-state index contributed by atoms with van der Waals surface area (Å²) in [6.07, 6.45) is 0.745. The van der Waals surface area contributed by atoms with Crippen molar-refractivity contribution in [1.82, 2.24) is 10.3 Å². The monoisotopic (exact) mass is 378 g/mol. The van der Waals surface area contributed by atoms with E-state index >= 15 is 0 Å². The molecule has 1 aromatic heterocycles. The summed E-state index contributed by atoms with van der Waals surface area (Å²) >= 11 is 0. The number of nitrogens with one attached hydrogen (secondary N) is 1. The van der Waals surface area contributed by atoms with Gasteiger partial charge in [-0.1, -0.05) is 17.7 Å². The minimum absolute atomic E-state index is 0.0410. The van der Waals surface area contributed by atoms with Crippen LogP contribution in [0, 0.1) is 13.8 Å². The second kappa shape index (κ2) is 10.2. The van der Waals surface area contributed by atoms with E-state index in [4.69, 9.17) is 9.15 Å². The number of oxazole rings is 1. The number of benzene rings is 1. The summed E-state index contributed by atoms with van der Waals surface area (Å²) in [5.41, 5.74) is 2.63. The molecule has 0 radical (unpaired) electrons. The van der Waals surface area contributed by atoms with Gasteiger partial charge in [0.2, 0.25) is 11.8 Å². The zero-order valence-corrected chi connectivity index (χ0v) is 16.4.